The van der Waals surface area contributed by atoms with Gasteiger partial charge in [-0.15, -0.1) is 11.8 Å². The van der Waals surface area contributed by atoms with Crippen molar-refractivity contribution in [3.05, 3.63) is 48.2 Å². The highest BCUT2D eigenvalue weighted by atomic mass is 32.2. The van der Waals surface area contributed by atoms with Gasteiger partial charge in [-0.3, -0.25) is 4.79 Å². The van der Waals surface area contributed by atoms with E-state index in [1.165, 1.54) is 25.7 Å². The number of thioether (sulfide) groups is 1. The molecule has 1 heterocycles. The van der Waals surface area contributed by atoms with Gasteiger partial charge < -0.3 is 16.0 Å². The molecule has 0 aliphatic heterocycles. The molecule has 0 bridgehead atoms. The zero-order chi connectivity index (χ0) is 19.3. The van der Waals surface area contributed by atoms with Gasteiger partial charge in [0, 0.05) is 28.9 Å². The fourth-order valence-electron chi connectivity index (χ4n) is 3.24. The number of hydrogen-bond donors (Lipinski definition) is 3. The maximum absolute atomic E-state index is 12.8. The number of aromatic nitrogens is 1. The van der Waals surface area contributed by atoms with Gasteiger partial charge in [0.2, 0.25) is 0 Å². The lowest BCUT2D eigenvalue weighted by Gasteiger charge is -2.12. The second-order valence-corrected chi connectivity index (χ2v) is 8.57. The molecule has 0 saturated heterocycles. The normalized spacial score (nSPS) is 16.6. The largest absolute Gasteiger partial charge is 0.335 e. The number of amides is 3. The number of rotatable bonds is 6. The lowest BCUT2D eigenvalue weighted by atomic mass is 10.2. The Labute approximate surface area is 168 Å². The van der Waals surface area contributed by atoms with Gasteiger partial charge in [0.15, 0.2) is 0 Å². The smallest absolute Gasteiger partial charge is 0.319 e. The van der Waals surface area contributed by atoms with Gasteiger partial charge in [0.1, 0.15) is 5.03 Å². The van der Waals surface area contributed by atoms with E-state index in [1.807, 2.05) is 6.07 Å². The highest BCUT2D eigenvalue weighted by molar-refractivity contribution is 7.99. The third kappa shape index (κ3) is 5.04. The number of nitrogens with one attached hydrogen (secondary N) is 3. The van der Waals surface area contributed by atoms with E-state index in [4.69, 9.17) is 0 Å². The van der Waals surface area contributed by atoms with E-state index in [1.54, 1.807) is 48.3 Å². The quantitative estimate of drug-likeness (QED) is 0.663. The number of pyridine rings is 1. The Balaban J connectivity index is 1.37. The van der Waals surface area contributed by atoms with Crippen molar-refractivity contribution in [3.8, 4) is 0 Å². The Bertz CT molecular complexity index is 846. The van der Waals surface area contributed by atoms with Crippen LogP contribution in [0.3, 0.4) is 0 Å². The van der Waals surface area contributed by atoms with Crippen molar-refractivity contribution in [1.82, 2.24) is 10.3 Å². The summed E-state index contributed by atoms with van der Waals surface area (Å²) in [5, 5.41) is 9.94. The molecule has 3 amide bonds. The third-order valence-electron chi connectivity index (χ3n) is 4.91. The molecule has 2 fully saturated rings. The van der Waals surface area contributed by atoms with Crippen LogP contribution in [0, 0.1) is 0 Å². The van der Waals surface area contributed by atoms with Gasteiger partial charge in [-0.05, 0) is 62.1 Å². The molecule has 7 heteroatoms. The molecule has 2 aliphatic rings. The van der Waals surface area contributed by atoms with Crippen molar-refractivity contribution in [2.45, 2.75) is 54.8 Å². The van der Waals surface area contributed by atoms with Crippen molar-refractivity contribution >= 4 is 35.1 Å². The Hall–Kier alpha value is -2.54. The predicted molar refractivity (Wildman–Crippen MR) is 112 cm³/mol. The van der Waals surface area contributed by atoms with Gasteiger partial charge >= 0.3 is 6.03 Å². The molecule has 2 aromatic rings. The molecule has 1 aromatic carbocycles. The molecular weight excluding hydrogens is 372 g/mol. The van der Waals surface area contributed by atoms with E-state index in [2.05, 4.69) is 20.9 Å². The fraction of sp³-hybridized carbons (Fsp3) is 0.381. The van der Waals surface area contributed by atoms with Gasteiger partial charge in [0.05, 0.1) is 5.56 Å². The predicted octanol–water partition coefficient (Wildman–Crippen LogP) is 4.65. The van der Waals surface area contributed by atoms with Crippen molar-refractivity contribution in [3.63, 3.8) is 0 Å². The summed E-state index contributed by atoms with van der Waals surface area (Å²) in [6, 6.07) is 10.9. The fourth-order valence-corrected chi connectivity index (χ4v) is 4.53. The second-order valence-electron chi connectivity index (χ2n) is 7.28. The first-order valence-corrected chi connectivity index (χ1v) is 10.7. The first-order valence-electron chi connectivity index (χ1n) is 9.78. The Kier molecular flexibility index (Phi) is 5.81. The van der Waals surface area contributed by atoms with Crippen molar-refractivity contribution in [2.24, 2.45) is 0 Å². The molecule has 0 spiro atoms. The molecule has 2 saturated carbocycles. The molecular formula is C21H24N4O2S. The summed E-state index contributed by atoms with van der Waals surface area (Å²) in [6.45, 7) is 0. The van der Waals surface area contributed by atoms with Crippen LogP contribution in [-0.4, -0.2) is 28.2 Å². The minimum Gasteiger partial charge on any atom is -0.335 e. The SMILES string of the molecule is O=C(Nc1ccc(NC(=O)c2cccnc2SC2CCCC2)cc1)NC1CC1. The topological polar surface area (TPSA) is 83.1 Å². The van der Waals surface area contributed by atoms with Gasteiger partial charge in [-0.25, -0.2) is 9.78 Å². The number of hydrogen-bond acceptors (Lipinski definition) is 4. The van der Waals surface area contributed by atoms with E-state index >= 15 is 0 Å². The van der Waals surface area contributed by atoms with E-state index in [0.29, 0.717) is 28.2 Å². The third-order valence-corrected chi connectivity index (χ3v) is 6.26. The van der Waals surface area contributed by atoms with Gasteiger partial charge in [0.25, 0.3) is 5.91 Å². The van der Waals surface area contributed by atoms with E-state index in [9.17, 15) is 9.59 Å². The molecule has 4 rings (SSSR count). The van der Waals surface area contributed by atoms with Crippen LogP contribution in [0.5, 0.6) is 0 Å². The minimum absolute atomic E-state index is 0.166. The van der Waals surface area contributed by atoms with E-state index in [-0.39, 0.29) is 11.9 Å². The average molecular weight is 397 g/mol. The van der Waals surface area contributed by atoms with Crippen LogP contribution < -0.4 is 16.0 Å². The highest BCUT2D eigenvalue weighted by Crippen LogP contribution is 2.35. The van der Waals surface area contributed by atoms with Crippen LogP contribution in [0.25, 0.3) is 0 Å². The summed E-state index contributed by atoms with van der Waals surface area (Å²) in [5.74, 6) is -0.166. The standard InChI is InChI=1S/C21H24N4O2S/c26-19(18-6-3-13-22-20(18)28-17-4-1-2-5-17)23-14-7-9-15(10-8-14)24-21(27)25-16-11-12-16/h3,6-10,13,16-17H,1-2,4-5,11-12H2,(H,23,26)(H2,24,25,27). The summed E-state index contributed by atoms with van der Waals surface area (Å²) < 4.78 is 0. The molecule has 3 N–H and O–H groups in total. The number of benzene rings is 1. The summed E-state index contributed by atoms with van der Waals surface area (Å²) in [4.78, 5) is 29.0. The lowest BCUT2D eigenvalue weighted by Crippen LogP contribution is -2.30. The zero-order valence-corrected chi connectivity index (χ0v) is 16.4. The zero-order valence-electron chi connectivity index (χ0n) is 15.6. The monoisotopic (exact) mass is 396 g/mol. The van der Waals surface area contributed by atoms with Crippen LogP contribution in [0.15, 0.2) is 47.6 Å². The molecule has 0 atom stereocenters. The molecule has 2 aliphatic carbocycles. The second kappa shape index (κ2) is 8.65. The first-order chi connectivity index (χ1) is 13.7. The first kappa shape index (κ1) is 18.8. The molecule has 146 valence electrons. The minimum atomic E-state index is -0.191. The maximum Gasteiger partial charge on any atom is 0.319 e. The van der Waals surface area contributed by atoms with E-state index < -0.39 is 0 Å². The van der Waals surface area contributed by atoms with Gasteiger partial charge in [-0.2, -0.15) is 0 Å². The molecule has 1 aromatic heterocycles. The number of anilines is 2. The summed E-state index contributed by atoms with van der Waals surface area (Å²) in [5.41, 5.74) is 1.97. The lowest BCUT2D eigenvalue weighted by molar-refractivity contribution is 0.102. The molecule has 6 nitrogen and oxygen atoms in total. The molecule has 28 heavy (non-hydrogen) atoms. The van der Waals surface area contributed by atoms with Crippen LogP contribution >= 0.6 is 11.8 Å². The van der Waals surface area contributed by atoms with Crippen molar-refractivity contribution < 1.29 is 9.59 Å². The number of nitrogens with zero attached hydrogens (tertiary/aromatic N) is 1. The Morgan fingerprint density at radius 2 is 1.61 bits per heavy atom. The number of carbonyl (C=O) groups excluding carboxylic acids is 2. The van der Waals surface area contributed by atoms with E-state index in [0.717, 1.165) is 17.9 Å². The summed E-state index contributed by atoms with van der Waals surface area (Å²) in [7, 11) is 0. The summed E-state index contributed by atoms with van der Waals surface area (Å²) >= 11 is 1.71. The Morgan fingerprint density at radius 1 is 0.929 bits per heavy atom. The van der Waals surface area contributed by atoms with Crippen LogP contribution in [0.1, 0.15) is 48.9 Å². The maximum atomic E-state index is 12.8. The number of urea groups is 1. The van der Waals surface area contributed by atoms with Gasteiger partial charge in [-0.1, -0.05) is 12.8 Å². The van der Waals surface area contributed by atoms with Crippen molar-refractivity contribution in [1.29, 1.82) is 0 Å². The van der Waals surface area contributed by atoms with Crippen LogP contribution in [0.4, 0.5) is 16.2 Å². The highest BCUT2D eigenvalue weighted by Gasteiger charge is 2.23. The molecule has 0 radical (unpaired) electrons. The van der Waals surface area contributed by atoms with Crippen LogP contribution in [0.2, 0.25) is 0 Å². The summed E-state index contributed by atoms with van der Waals surface area (Å²) in [6.07, 6.45) is 8.72. The van der Waals surface area contributed by atoms with Crippen LogP contribution in [-0.2, 0) is 0 Å². The van der Waals surface area contributed by atoms with Crippen molar-refractivity contribution in [2.75, 3.05) is 10.6 Å². The Morgan fingerprint density at radius 3 is 2.29 bits per heavy atom. The molecule has 0 unspecified atom stereocenters. The number of carbonyl (C=O) groups is 2. The average Bonchev–Trinajstić information content (AvgIpc) is 3.35.